The SMILES string of the molecule is COC1(C(NN)c2cc(Br)ccc2F)CCCCC1. The molecule has 1 fully saturated rings. The second-order valence-corrected chi connectivity index (χ2v) is 6.01. The molecule has 0 aromatic heterocycles. The smallest absolute Gasteiger partial charge is 0.128 e. The van der Waals surface area contributed by atoms with Crippen molar-refractivity contribution in [2.75, 3.05) is 7.11 Å². The topological polar surface area (TPSA) is 47.3 Å². The molecule has 1 aromatic rings. The highest BCUT2D eigenvalue weighted by atomic mass is 79.9. The van der Waals surface area contributed by atoms with Crippen LogP contribution in [0.5, 0.6) is 0 Å². The number of hydrogen-bond donors (Lipinski definition) is 2. The highest BCUT2D eigenvalue weighted by molar-refractivity contribution is 9.10. The van der Waals surface area contributed by atoms with E-state index in [0.29, 0.717) is 5.56 Å². The fourth-order valence-electron chi connectivity index (χ4n) is 3.02. The molecule has 3 N–H and O–H groups in total. The van der Waals surface area contributed by atoms with Gasteiger partial charge in [-0.25, -0.2) is 9.82 Å². The number of ether oxygens (including phenoxy) is 1. The van der Waals surface area contributed by atoms with Crippen LogP contribution in [0.2, 0.25) is 0 Å². The van der Waals surface area contributed by atoms with Gasteiger partial charge in [-0.1, -0.05) is 35.2 Å². The molecule has 1 aromatic carbocycles. The third-order valence-electron chi connectivity index (χ3n) is 4.07. The van der Waals surface area contributed by atoms with Gasteiger partial charge in [-0.05, 0) is 31.0 Å². The Hall–Kier alpha value is -0.490. The van der Waals surface area contributed by atoms with E-state index in [-0.39, 0.29) is 11.9 Å². The molecule has 2 rings (SSSR count). The monoisotopic (exact) mass is 330 g/mol. The number of nitrogens with one attached hydrogen (secondary N) is 1. The number of hydrogen-bond acceptors (Lipinski definition) is 3. The van der Waals surface area contributed by atoms with Crippen molar-refractivity contribution in [1.82, 2.24) is 5.43 Å². The second kappa shape index (κ2) is 6.31. The largest absolute Gasteiger partial charge is 0.376 e. The lowest BCUT2D eigenvalue weighted by atomic mass is 9.76. The van der Waals surface area contributed by atoms with Gasteiger partial charge in [0.05, 0.1) is 11.6 Å². The standard InChI is InChI=1S/C14H20BrFN2O/c1-19-14(7-3-2-4-8-14)13(18-17)11-9-10(15)5-6-12(11)16/h5-6,9,13,18H,2-4,7-8,17H2,1H3. The molecule has 3 nitrogen and oxygen atoms in total. The summed E-state index contributed by atoms with van der Waals surface area (Å²) in [4.78, 5) is 0. The summed E-state index contributed by atoms with van der Waals surface area (Å²) in [6, 6.07) is 4.58. The number of benzene rings is 1. The van der Waals surface area contributed by atoms with Crippen LogP contribution in [-0.4, -0.2) is 12.7 Å². The van der Waals surface area contributed by atoms with Crippen molar-refractivity contribution in [1.29, 1.82) is 0 Å². The third-order valence-corrected chi connectivity index (χ3v) is 4.56. The molecule has 1 aliphatic carbocycles. The van der Waals surface area contributed by atoms with Gasteiger partial charge in [0.15, 0.2) is 0 Å². The van der Waals surface area contributed by atoms with E-state index in [9.17, 15) is 4.39 Å². The fraction of sp³-hybridized carbons (Fsp3) is 0.571. The van der Waals surface area contributed by atoms with E-state index in [4.69, 9.17) is 10.6 Å². The van der Waals surface area contributed by atoms with Crippen molar-refractivity contribution in [3.63, 3.8) is 0 Å². The summed E-state index contributed by atoms with van der Waals surface area (Å²) in [6.45, 7) is 0. The molecule has 1 saturated carbocycles. The van der Waals surface area contributed by atoms with Crippen LogP contribution in [0, 0.1) is 5.82 Å². The van der Waals surface area contributed by atoms with E-state index in [0.717, 1.165) is 30.2 Å². The van der Waals surface area contributed by atoms with Crippen molar-refractivity contribution >= 4 is 15.9 Å². The first-order chi connectivity index (χ1) is 9.13. The van der Waals surface area contributed by atoms with Crippen molar-refractivity contribution in [2.45, 2.75) is 43.7 Å². The van der Waals surface area contributed by atoms with E-state index in [1.807, 2.05) is 0 Å². The molecule has 0 amide bonds. The molecule has 1 aliphatic rings. The first kappa shape index (κ1) is 14.9. The molecule has 0 aliphatic heterocycles. The molecule has 0 heterocycles. The maximum absolute atomic E-state index is 14.1. The van der Waals surface area contributed by atoms with Gasteiger partial charge in [-0.2, -0.15) is 0 Å². The number of nitrogens with two attached hydrogens (primary N) is 1. The van der Waals surface area contributed by atoms with E-state index in [1.54, 1.807) is 19.2 Å². The quantitative estimate of drug-likeness (QED) is 0.656. The average Bonchev–Trinajstić information content (AvgIpc) is 2.44. The lowest BCUT2D eigenvalue weighted by Crippen LogP contribution is -2.49. The zero-order valence-electron chi connectivity index (χ0n) is 11.1. The van der Waals surface area contributed by atoms with Crippen LogP contribution in [0.15, 0.2) is 22.7 Å². The van der Waals surface area contributed by atoms with Crippen molar-refractivity contribution < 1.29 is 9.13 Å². The lowest BCUT2D eigenvalue weighted by molar-refractivity contribution is -0.0696. The zero-order valence-corrected chi connectivity index (χ0v) is 12.7. The van der Waals surface area contributed by atoms with Crippen LogP contribution < -0.4 is 11.3 Å². The van der Waals surface area contributed by atoms with Gasteiger partial charge in [0.25, 0.3) is 0 Å². The minimum absolute atomic E-state index is 0.256. The van der Waals surface area contributed by atoms with E-state index >= 15 is 0 Å². The molecule has 1 unspecified atom stereocenters. The molecular weight excluding hydrogens is 311 g/mol. The Morgan fingerprint density at radius 2 is 2.05 bits per heavy atom. The summed E-state index contributed by atoms with van der Waals surface area (Å²) >= 11 is 3.38. The predicted molar refractivity (Wildman–Crippen MR) is 77.0 cm³/mol. The molecule has 0 saturated heterocycles. The van der Waals surface area contributed by atoms with Crippen molar-refractivity contribution in [3.8, 4) is 0 Å². The van der Waals surface area contributed by atoms with Gasteiger partial charge in [0.2, 0.25) is 0 Å². The van der Waals surface area contributed by atoms with E-state index in [2.05, 4.69) is 21.4 Å². The molecular formula is C14H20BrFN2O. The predicted octanol–water partition coefficient (Wildman–Crippen LogP) is 3.44. The van der Waals surface area contributed by atoms with Crippen LogP contribution in [0.25, 0.3) is 0 Å². The van der Waals surface area contributed by atoms with Gasteiger partial charge in [-0.3, -0.25) is 5.84 Å². The lowest BCUT2D eigenvalue weighted by Gasteiger charge is -2.42. The van der Waals surface area contributed by atoms with Crippen molar-refractivity contribution in [3.05, 3.63) is 34.1 Å². The van der Waals surface area contributed by atoms with E-state index < -0.39 is 5.60 Å². The Morgan fingerprint density at radius 1 is 1.37 bits per heavy atom. The van der Waals surface area contributed by atoms with Gasteiger partial charge in [0, 0.05) is 17.1 Å². The van der Waals surface area contributed by atoms with Gasteiger partial charge in [0.1, 0.15) is 5.82 Å². The minimum Gasteiger partial charge on any atom is -0.376 e. The summed E-state index contributed by atoms with van der Waals surface area (Å²) in [7, 11) is 1.69. The highest BCUT2D eigenvalue weighted by Gasteiger charge is 2.41. The normalized spacial score (nSPS) is 20.2. The number of halogens is 2. The zero-order chi connectivity index (χ0) is 13.9. The average molecular weight is 331 g/mol. The maximum Gasteiger partial charge on any atom is 0.128 e. The molecule has 0 radical (unpaired) electrons. The van der Waals surface area contributed by atoms with Gasteiger partial charge < -0.3 is 4.74 Å². The van der Waals surface area contributed by atoms with Gasteiger partial charge >= 0.3 is 0 Å². The van der Waals surface area contributed by atoms with Gasteiger partial charge in [-0.15, -0.1) is 0 Å². The summed E-state index contributed by atoms with van der Waals surface area (Å²) in [5.41, 5.74) is 2.90. The fourth-order valence-corrected chi connectivity index (χ4v) is 3.40. The molecule has 106 valence electrons. The number of hydrazine groups is 1. The van der Waals surface area contributed by atoms with Crippen LogP contribution >= 0.6 is 15.9 Å². The highest BCUT2D eigenvalue weighted by Crippen LogP contribution is 2.41. The molecule has 0 spiro atoms. The number of methoxy groups -OCH3 is 1. The maximum atomic E-state index is 14.1. The summed E-state index contributed by atoms with van der Waals surface area (Å²) in [5.74, 6) is 5.45. The first-order valence-corrected chi connectivity index (χ1v) is 7.38. The summed E-state index contributed by atoms with van der Waals surface area (Å²) < 4.78 is 20.7. The Labute approximate surface area is 121 Å². The van der Waals surface area contributed by atoms with Crippen LogP contribution in [0.1, 0.15) is 43.7 Å². The van der Waals surface area contributed by atoms with Crippen LogP contribution in [0.4, 0.5) is 4.39 Å². The molecule has 1 atom stereocenters. The Morgan fingerprint density at radius 3 is 2.63 bits per heavy atom. The van der Waals surface area contributed by atoms with Crippen LogP contribution in [0.3, 0.4) is 0 Å². The first-order valence-electron chi connectivity index (χ1n) is 6.59. The molecule has 19 heavy (non-hydrogen) atoms. The Kier molecular flexibility index (Phi) is 4.95. The molecule has 5 heteroatoms. The minimum atomic E-state index is -0.422. The van der Waals surface area contributed by atoms with Crippen molar-refractivity contribution in [2.24, 2.45) is 5.84 Å². The Bertz CT molecular complexity index is 435. The van der Waals surface area contributed by atoms with E-state index in [1.165, 1.54) is 12.5 Å². The Balaban J connectivity index is 2.39. The van der Waals surface area contributed by atoms with Crippen LogP contribution in [-0.2, 0) is 4.74 Å². The summed E-state index contributed by atoms with van der Waals surface area (Å²) in [6.07, 6.45) is 5.15. The second-order valence-electron chi connectivity index (χ2n) is 5.10. The third kappa shape index (κ3) is 2.99. The molecule has 0 bridgehead atoms. The summed E-state index contributed by atoms with van der Waals surface area (Å²) in [5, 5.41) is 0. The number of rotatable bonds is 4.